The molecule has 2 aromatic carbocycles. The number of carbonyl (C=O) groups excluding carboxylic acids is 4. The lowest BCUT2D eigenvalue weighted by Gasteiger charge is -2.30. The first kappa shape index (κ1) is 36.6. The summed E-state index contributed by atoms with van der Waals surface area (Å²) in [6.07, 6.45) is 3.60. The highest BCUT2D eigenvalue weighted by atomic mass is 16.6. The van der Waals surface area contributed by atoms with Gasteiger partial charge in [0.05, 0.1) is 24.6 Å². The van der Waals surface area contributed by atoms with Crippen molar-refractivity contribution in [3.05, 3.63) is 71.8 Å². The molecule has 0 saturated heterocycles. The van der Waals surface area contributed by atoms with Crippen LogP contribution in [-0.2, 0) is 31.9 Å². The van der Waals surface area contributed by atoms with Gasteiger partial charge < -0.3 is 18.9 Å². The van der Waals surface area contributed by atoms with Crippen LogP contribution in [0.3, 0.4) is 0 Å². The van der Waals surface area contributed by atoms with E-state index in [1.807, 2.05) is 24.3 Å². The molecule has 2 rings (SSSR count). The van der Waals surface area contributed by atoms with Crippen molar-refractivity contribution < 1.29 is 38.1 Å². The van der Waals surface area contributed by atoms with Crippen molar-refractivity contribution in [1.82, 2.24) is 0 Å². The Hall–Kier alpha value is -4.60. The molecule has 0 saturated carbocycles. The maximum Gasteiger partial charge on any atom is 0.411 e. The van der Waals surface area contributed by atoms with Crippen LogP contribution in [0.5, 0.6) is 11.5 Å². The quantitative estimate of drug-likeness (QED) is 0.117. The maximum atomic E-state index is 12.4. The molecule has 0 bridgehead atoms. The van der Waals surface area contributed by atoms with Crippen LogP contribution < -0.4 is 20.1 Å². The molecular formula is C35H46N2O8. The van der Waals surface area contributed by atoms with Crippen molar-refractivity contribution in [2.24, 2.45) is 11.3 Å². The summed E-state index contributed by atoms with van der Waals surface area (Å²) in [6.45, 7) is 20.7. The molecule has 10 nitrogen and oxygen atoms in total. The molecule has 2 amide bonds. The summed E-state index contributed by atoms with van der Waals surface area (Å²) in [6, 6.07) is 7.52. The molecule has 1 atom stereocenters. The van der Waals surface area contributed by atoms with Crippen LogP contribution in [0.2, 0.25) is 0 Å². The van der Waals surface area contributed by atoms with Gasteiger partial charge in [0.1, 0.15) is 0 Å². The zero-order valence-corrected chi connectivity index (χ0v) is 27.5. The first-order chi connectivity index (χ1) is 21.2. The van der Waals surface area contributed by atoms with Crippen LogP contribution in [-0.4, -0.2) is 37.3 Å². The number of nitrogens with one attached hydrogen (secondary N) is 2. The van der Waals surface area contributed by atoms with Crippen LogP contribution in [0.4, 0.5) is 21.0 Å². The monoisotopic (exact) mass is 622 g/mol. The highest BCUT2D eigenvalue weighted by molar-refractivity contribution is 5.92. The number of amides is 2. The van der Waals surface area contributed by atoms with Gasteiger partial charge in [-0.25, -0.2) is 19.2 Å². The minimum atomic E-state index is -0.644. The first-order valence-corrected chi connectivity index (χ1v) is 15.1. The average molecular weight is 623 g/mol. The maximum absolute atomic E-state index is 12.4. The molecule has 0 spiro atoms. The Labute approximate surface area is 266 Å². The summed E-state index contributed by atoms with van der Waals surface area (Å²) in [5, 5.41) is 5.53. The summed E-state index contributed by atoms with van der Waals surface area (Å²) in [5.74, 6) is -0.519. The normalized spacial score (nSPS) is 11.5. The molecule has 0 heterocycles. The zero-order valence-electron chi connectivity index (χ0n) is 27.5. The minimum Gasteiger partial charge on any atom is -0.450 e. The Morgan fingerprint density at radius 3 is 1.69 bits per heavy atom. The fraction of sp³-hybridized carbons (Fsp3) is 0.429. The molecule has 45 heavy (non-hydrogen) atoms. The number of anilines is 2. The third kappa shape index (κ3) is 11.1. The van der Waals surface area contributed by atoms with Crippen LogP contribution in [0.15, 0.2) is 49.6 Å². The standard InChI is InChI=1S/C35H46N2O8/c1-10-27(38)44-31-23(6)15-18-25(29(31)36-33(40)42-12-3)17-14-22(5)20-35(8,9)21-26-19-16-24(7)32(45-28(39)11-2)30(26)37-34(41)43-13-4/h10-11,15-16,18-19,22H,1-2,12-14,17,20-21H2,3-9H3,(H,36,40)(H,37,41). The van der Waals surface area contributed by atoms with Gasteiger partial charge in [0.2, 0.25) is 0 Å². The van der Waals surface area contributed by atoms with Crippen LogP contribution in [0.1, 0.15) is 69.7 Å². The lowest BCUT2D eigenvalue weighted by Crippen LogP contribution is -2.22. The SMILES string of the molecule is C=CC(=O)Oc1c(C)ccc(CCC(C)CC(C)(C)Cc2ccc(C)c(OC(=O)C=C)c2NC(=O)OCC)c1NC(=O)OCC. The molecule has 2 N–H and O–H groups in total. The third-order valence-corrected chi connectivity index (χ3v) is 7.10. The molecule has 0 aromatic heterocycles. The van der Waals surface area contributed by atoms with Crippen molar-refractivity contribution in [2.75, 3.05) is 23.8 Å². The van der Waals surface area contributed by atoms with E-state index in [1.165, 1.54) is 0 Å². The van der Waals surface area contributed by atoms with E-state index in [2.05, 4.69) is 44.6 Å². The van der Waals surface area contributed by atoms with Crippen LogP contribution in [0.25, 0.3) is 0 Å². The van der Waals surface area contributed by atoms with Gasteiger partial charge in [-0.1, -0.05) is 58.2 Å². The predicted molar refractivity (Wildman–Crippen MR) is 175 cm³/mol. The Kier molecular flexibility index (Phi) is 13.9. The number of esters is 2. The molecule has 0 aliphatic carbocycles. The van der Waals surface area contributed by atoms with Gasteiger partial charge in [-0.15, -0.1) is 0 Å². The summed E-state index contributed by atoms with van der Waals surface area (Å²) >= 11 is 0. The second-order valence-corrected chi connectivity index (χ2v) is 11.6. The van der Waals surface area contributed by atoms with Crippen LogP contribution >= 0.6 is 0 Å². The predicted octanol–water partition coefficient (Wildman–Crippen LogP) is 7.85. The van der Waals surface area contributed by atoms with Crippen molar-refractivity contribution in [3.8, 4) is 11.5 Å². The van der Waals surface area contributed by atoms with E-state index in [9.17, 15) is 19.2 Å². The topological polar surface area (TPSA) is 129 Å². The first-order valence-electron chi connectivity index (χ1n) is 15.1. The van der Waals surface area contributed by atoms with Crippen molar-refractivity contribution >= 4 is 35.5 Å². The highest BCUT2D eigenvalue weighted by Gasteiger charge is 2.27. The fourth-order valence-electron chi connectivity index (χ4n) is 5.21. The number of hydrogen-bond acceptors (Lipinski definition) is 8. The van der Waals surface area contributed by atoms with Crippen molar-refractivity contribution in [3.63, 3.8) is 0 Å². The Balaban J connectivity index is 2.31. The third-order valence-electron chi connectivity index (χ3n) is 7.10. The van der Waals surface area contributed by atoms with Crippen molar-refractivity contribution in [2.45, 2.75) is 74.1 Å². The van der Waals surface area contributed by atoms with E-state index in [4.69, 9.17) is 18.9 Å². The molecular weight excluding hydrogens is 576 g/mol. The summed E-state index contributed by atoms with van der Waals surface area (Å²) in [4.78, 5) is 49.0. The van der Waals surface area contributed by atoms with E-state index in [1.54, 1.807) is 27.7 Å². The number of aryl methyl sites for hydroxylation is 3. The van der Waals surface area contributed by atoms with Gasteiger partial charge >= 0.3 is 24.1 Å². The van der Waals surface area contributed by atoms with Crippen LogP contribution in [0, 0.1) is 25.2 Å². The number of ether oxygens (including phenoxy) is 4. The Morgan fingerprint density at radius 1 is 0.800 bits per heavy atom. The molecule has 0 aliphatic rings. The van der Waals surface area contributed by atoms with E-state index < -0.39 is 24.1 Å². The highest BCUT2D eigenvalue weighted by Crippen LogP contribution is 2.40. The van der Waals surface area contributed by atoms with Gasteiger partial charge in [-0.3, -0.25) is 10.6 Å². The lowest BCUT2D eigenvalue weighted by molar-refractivity contribution is -0.129. The summed E-state index contributed by atoms with van der Waals surface area (Å²) in [5.41, 5.74) is 3.51. The molecule has 1 unspecified atom stereocenters. The minimum absolute atomic E-state index is 0.188. The largest absolute Gasteiger partial charge is 0.450 e. The Morgan fingerprint density at radius 2 is 1.24 bits per heavy atom. The second-order valence-electron chi connectivity index (χ2n) is 11.6. The molecule has 0 fully saturated rings. The van der Waals surface area contributed by atoms with Crippen molar-refractivity contribution in [1.29, 1.82) is 0 Å². The van der Waals surface area contributed by atoms with E-state index >= 15 is 0 Å². The number of benzene rings is 2. The van der Waals surface area contributed by atoms with Gasteiger partial charge in [0, 0.05) is 12.2 Å². The lowest BCUT2D eigenvalue weighted by atomic mass is 9.76. The van der Waals surface area contributed by atoms with E-state index in [0.29, 0.717) is 35.3 Å². The zero-order chi connectivity index (χ0) is 33.7. The van der Waals surface area contributed by atoms with E-state index in [-0.39, 0.29) is 36.0 Å². The van der Waals surface area contributed by atoms with Gasteiger partial charge in [-0.2, -0.15) is 0 Å². The number of carbonyl (C=O) groups is 4. The molecule has 10 heteroatoms. The molecule has 0 radical (unpaired) electrons. The Bertz CT molecular complexity index is 1410. The smallest absolute Gasteiger partial charge is 0.411 e. The average Bonchev–Trinajstić information content (AvgIpc) is 2.97. The van der Waals surface area contributed by atoms with Gasteiger partial charge in [0.25, 0.3) is 0 Å². The molecule has 0 aliphatic heterocycles. The van der Waals surface area contributed by atoms with Gasteiger partial charge in [-0.05, 0) is 87.0 Å². The summed E-state index contributed by atoms with van der Waals surface area (Å²) in [7, 11) is 0. The summed E-state index contributed by atoms with van der Waals surface area (Å²) < 4.78 is 21.2. The fourth-order valence-corrected chi connectivity index (χ4v) is 5.21. The molecule has 244 valence electrons. The van der Waals surface area contributed by atoms with E-state index in [0.717, 1.165) is 36.1 Å². The van der Waals surface area contributed by atoms with Gasteiger partial charge in [0.15, 0.2) is 11.5 Å². The number of rotatable bonds is 15. The second kappa shape index (κ2) is 17.0. The molecule has 2 aromatic rings. The number of hydrogen-bond donors (Lipinski definition) is 2.